The molecule has 0 atom stereocenters. The quantitative estimate of drug-likeness (QED) is 0.580. The first-order valence-electron chi connectivity index (χ1n) is 4.88. The molecule has 0 aliphatic heterocycles. The average molecular weight is 190 g/mol. The third-order valence-corrected chi connectivity index (χ3v) is 3.75. The van der Waals surface area contributed by atoms with E-state index in [0.29, 0.717) is 0 Å². The number of aliphatic hydroxyl groups is 3. The van der Waals surface area contributed by atoms with Crippen molar-refractivity contribution in [3.8, 4) is 0 Å². The molecule has 0 radical (unpaired) electrons. The first kappa shape index (κ1) is 12.9. The topological polar surface area (TPSA) is 60.7 Å². The Labute approximate surface area is 80.4 Å². The number of hydrogen-bond acceptors (Lipinski definition) is 3. The maximum atomic E-state index is 9.25. The van der Waals surface area contributed by atoms with Crippen LogP contribution < -0.4 is 0 Å². The minimum Gasteiger partial charge on any atom is -0.396 e. The van der Waals surface area contributed by atoms with Gasteiger partial charge in [0, 0.05) is 5.41 Å². The Morgan fingerprint density at radius 1 is 0.846 bits per heavy atom. The van der Waals surface area contributed by atoms with Gasteiger partial charge in [0.2, 0.25) is 0 Å². The molecule has 3 nitrogen and oxygen atoms in total. The van der Waals surface area contributed by atoms with Gasteiger partial charge in [0.25, 0.3) is 0 Å². The molecule has 0 heterocycles. The van der Waals surface area contributed by atoms with Crippen molar-refractivity contribution in [2.24, 2.45) is 10.8 Å². The van der Waals surface area contributed by atoms with E-state index in [1.54, 1.807) is 0 Å². The van der Waals surface area contributed by atoms with E-state index >= 15 is 0 Å². The molecule has 0 aromatic carbocycles. The summed E-state index contributed by atoms with van der Waals surface area (Å²) in [5, 5.41) is 27.8. The van der Waals surface area contributed by atoms with E-state index in [1.165, 1.54) is 0 Å². The van der Waals surface area contributed by atoms with Crippen molar-refractivity contribution in [2.45, 2.75) is 33.6 Å². The highest BCUT2D eigenvalue weighted by Crippen LogP contribution is 2.43. The molecule has 3 N–H and O–H groups in total. The van der Waals surface area contributed by atoms with Crippen LogP contribution in [0.5, 0.6) is 0 Å². The van der Waals surface area contributed by atoms with Crippen molar-refractivity contribution in [3.63, 3.8) is 0 Å². The third kappa shape index (κ3) is 2.03. The maximum Gasteiger partial charge on any atom is 0.0536 e. The third-order valence-electron chi connectivity index (χ3n) is 3.75. The molecule has 0 rings (SSSR count). The van der Waals surface area contributed by atoms with Crippen LogP contribution in [0.25, 0.3) is 0 Å². The fourth-order valence-corrected chi connectivity index (χ4v) is 1.72. The van der Waals surface area contributed by atoms with Crippen molar-refractivity contribution in [3.05, 3.63) is 0 Å². The molecule has 0 saturated heterocycles. The van der Waals surface area contributed by atoms with Gasteiger partial charge in [-0.2, -0.15) is 0 Å². The number of rotatable bonds is 6. The lowest BCUT2D eigenvalue weighted by atomic mass is 9.62. The van der Waals surface area contributed by atoms with E-state index in [2.05, 4.69) is 0 Å². The molecule has 0 bridgehead atoms. The Kier molecular flexibility index (Phi) is 4.89. The fourth-order valence-electron chi connectivity index (χ4n) is 1.72. The molecule has 0 aliphatic rings. The highest BCUT2D eigenvalue weighted by Gasteiger charge is 2.44. The van der Waals surface area contributed by atoms with Gasteiger partial charge in [-0.15, -0.1) is 0 Å². The van der Waals surface area contributed by atoms with Gasteiger partial charge in [0.05, 0.1) is 19.8 Å². The van der Waals surface area contributed by atoms with E-state index in [9.17, 15) is 15.3 Å². The van der Waals surface area contributed by atoms with Crippen LogP contribution >= 0.6 is 0 Å². The summed E-state index contributed by atoms with van der Waals surface area (Å²) in [6, 6.07) is 0. The van der Waals surface area contributed by atoms with E-state index < -0.39 is 5.41 Å². The molecule has 0 spiro atoms. The Morgan fingerprint density at radius 2 is 1.15 bits per heavy atom. The van der Waals surface area contributed by atoms with Gasteiger partial charge >= 0.3 is 0 Å². The molecule has 0 aliphatic carbocycles. The van der Waals surface area contributed by atoms with Gasteiger partial charge in [-0.3, -0.25) is 0 Å². The minimum absolute atomic E-state index is 0.168. The molecular weight excluding hydrogens is 168 g/mol. The predicted octanol–water partition coefficient (Wildman–Crippen LogP) is 0.776. The van der Waals surface area contributed by atoms with Gasteiger partial charge < -0.3 is 15.3 Å². The summed E-state index contributed by atoms with van der Waals surface area (Å²) in [5.74, 6) is 0. The molecule has 3 heteroatoms. The Morgan fingerprint density at radius 3 is 1.23 bits per heavy atom. The second-order valence-corrected chi connectivity index (χ2v) is 4.02. The van der Waals surface area contributed by atoms with Crippen LogP contribution in [0.2, 0.25) is 0 Å². The highest BCUT2D eigenvalue weighted by atomic mass is 16.3. The first-order chi connectivity index (χ1) is 6.05. The van der Waals surface area contributed by atoms with Gasteiger partial charge in [0.1, 0.15) is 0 Å². The smallest absolute Gasteiger partial charge is 0.0536 e. The maximum absolute atomic E-state index is 9.25. The van der Waals surface area contributed by atoms with Gasteiger partial charge in [-0.1, -0.05) is 20.8 Å². The molecule has 0 fully saturated rings. The summed E-state index contributed by atoms with van der Waals surface area (Å²) >= 11 is 0. The predicted molar refractivity (Wildman–Crippen MR) is 52.4 cm³/mol. The summed E-state index contributed by atoms with van der Waals surface area (Å²) < 4.78 is 0. The molecule has 0 unspecified atom stereocenters. The Balaban J connectivity index is 4.87. The van der Waals surface area contributed by atoms with E-state index in [-0.39, 0.29) is 25.2 Å². The van der Waals surface area contributed by atoms with Crippen LogP contribution in [-0.4, -0.2) is 35.1 Å². The normalized spacial score (nSPS) is 13.4. The number of hydrogen-bond donors (Lipinski definition) is 3. The van der Waals surface area contributed by atoms with Crippen LogP contribution in [0.3, 0.4) is 0 Å². The zero-order chi connectivity index (χ0) is 10.5. The van der Waals surface area contributed by atoms with Crippen molar-refractivity contribution in [2.75, 3.05) is 19.8 Å². The van der Waals surface area contributed by atoms with Crippen LogP contribution in [0.15, 0.2) is 0 Å². The molecule has 0 saturated carbocycles. The first-order valence-corrected chi connectivity index (χ1v) is 4.88. The summed E-state index contributed by atoms with van der Waals surface area (Å²) in [5.41, 5.74) is -0.957. The zero-order valence-corrected chi connectivity index (χ0v) is 8.88. The van der Waals surface area contributed by atoms with Gasteiger partial charge in [-0.05, 0) is 18.3 Å². The van der Waals surface area contributed by atoms with E-state index in [1.807, 2.05) is 20.8 Å². The monoisotopic (exact) mass is 190 g/mol. The lowest BCUT2D eigenvalue weighted by Gasteiger charge is -2.45. The Hall–Kier alpha value is -0.120. The molecule has 0 aromatic heterocycles. The molecule has 13 heavy (non-hydrogen) atoms. The van der Waals surface area contributed by atoms with Crippen LogP contribution in [0, 0.1) is 10.8 Å². The fraction of sp³-hybridized carbons (Fsp3) is 1.00. The van der Waals surface area contributed by atoms with Gasteiger partial charge in [0.15, 0.2) is 0 Å². The standard InChI is InChI=1S/C10H22O3/c1-4-9(3,5-2)10(6-11,7-12)8-13/h11-13H,4-8H2,1-3H3. The van der Waals surface area contributed by atoms with Crippen molar-refractivity contribution in [1.29, 1.82) is 0 Å². The van der Waals surface area contributed by atoms with Crippen LogP contribution in [0.1, 0.15) is 33.6 Å². The van der Waals surface area contributed by atoms with E-state index in [4.69, 9.17) is 0 Å². The lowest BCUT2D eigenvalue weighted by Crippen LogP contribution is -2.48. The molecule has 0 aromatic rings. The molecule has 80 valence electrons. The summed E-state index contributed by atoms with van der Waals surface area (Å²) in [4.78, 5) is 0. The van der Waals surface area contributed by atoms with Gasteiger partial charge in [-0.25, -0.2) is 0 Å². The minimum atomic E-state index is -0.753. The van der Waals surface area contributed by atoms with E-state index in [0.717, 1.165) is 12.8 Å². The highest BCUT2D eigenvalue weighted by molar-refractivity contribution is 4.93. The van der Waals surface area contributed by atoms with Crippen molar-refractivity contribution >= 4 is 0 Å². The second kappa shape index (κ2) is 4.94. The van der Waals surface area contributed by atoms with Crippen LogP contribution in [-0.2, 0) is 0 Å². The Bertz CT molecular complexity index is 129. The second-order valence-electron chi connectivity index (χ2n) is 4.02. The van der Waals surface area contributed by atoms with Crippen LogP contribution in [0.4, 0.5) is 0 Å². The SMILES string of the molecule is CCC(C)(CC)C(CO)(CO)CO. The largest absolute Gasteiger partial charge is 0.396 e. The molecule has 0 amide bonds. The zero-order valence-electron chi connectivity index (χ0n) is 8.88. The summed E-state index contributed by atoms with van der Waals surface area (Å²) in [6.07, 6.45) is 1.68. The summed E-state index contributed by atoms with van der Waals surface area (Å²) in [7, 11) is 0. The number of aliphatic hydroxyl groups excluding tert-OH is 3. The molecular formula is C10H22O3. The van der Waals surface area contributed by atoms with Crippen molar-refractivity contribution < 1.29 is 15.3 Å². The average Bonchev–Trinajstić information content (AvgIpc) is 2.20. The van der Waals surface area contributed by atoms with Crippen molar-refractivity contribution in [1.82, 2.24) is 0 Å². The lowest BCUT2D eigenvalue weighted by molar-refractivity contribution is -0.0897. The summed E-state index contributed by atoms with van der Waals surface area (Å²) in [6.45, 7) is 5.52.